The van der Waals surface area contributed by atoms with Crippen molar-refractivity contribution in [2.45, 2.75) is 12.0 Å². The van der Waals surface area contributed by atoms with Crippen LogP contribution < -0.4 is 0 Å². The van der Waals surface area contributed by atoms with Crippen LogP contribution in [0.4, 0.5) is 0 Å². The number of nitrogens with zero attached hydrogens (tertiary/aromatic N) is 1. The fourth-order valence-electron chi connectivity index (χ4n) is 2.00. The summed E-state index contributed by atoms with van der Waals surface area (Å²) in [4.78, 5) is 22.2. The third-order valence-corrected chi connectivity index (χ3v) is 2.99. The molecule has 6 nitrogen and oxygen atoms in total. The van der Waals surface area contributed by atoms with Gasteiger partial charge < -0.3 is 9.52 Å². The van der Waals surface area contributed by atoms with Gasteiger partial charge in [-0.15, -0.1) is 0 Å². The van der Waals surface area contributed by atoms with Gasteiger partial charge in [0.25, 0.3) is 0 Å². The van der Waals surface area contributed by atoms with Gasteiger partial charge in [0.05, 0.1) is 12.2 Å². The van der Waals surface area contributed by atoms with Gasteiger partial charge in [-0.25, -0.2) is 0 Å². The molecule has 0 saturated carbocycles. The lowest BCUT2D eigenvalue weighted by atomic mass is 9.90. The number of rotatable bonds is 6. The minimum absolute atomic E-state index is 0.0122. The maximum Gasteiger partial charge on any atom is 0.227 e. The molecule has 6 heteroatoms. The molecule has 0 aliphatic heterocycles. The highest BCUT2D eigenvalue weighted by Gasteiger charge is 2.33. The van der Waals surface area contributed by atoms with E-state index in [4.69, 9.17) is 4.42 Å². The van der Waals surface area contributed by atoms with Gasteiger partial charge in [-0.3, -0.25) is 14.9 Å². The highest BCUT2D eigenvalue weighted by atomic mass is 16.6. The quantitative estimate of drug-likeness (QED) is 0.493. The van der Waals surface area contributed by atoms with Crippen LogP contribution in [-0.2, 0) is 0 Å². The van der Waals surface area contributed by atoms with Gasteiger partial charge in [0.1, 0.15) is 6.10 Å². The molecule has 0 aliphatic rings. The van der Waals surface area contributed by atoms with Crippen molar-refractivity contribution < 1.29 is 19.2 Å². The smallest absolute Gasteiger partial charge is 0.227 e. The van der Waals surface area contributed by atoms with Crippen molar-refractivity contribution in [3.8, 4) is 0 Å². The summed E-state index contributed by atoms with van der Waals surface area (Å²) in [5.41, 5.74) is 0.539. The minimum atomic E-state index is -1.52. The lowest BCUT2D eigenvalue weighted by molar-refractivity contribution is -0.484. The number of hydrogen-bond donors (Lipinski definition) is 1. The summed E-state index contributed by atoms with van der Waals surface area (Å²) in [6.07, 6.45) is -0.209. The second kappa shape index (κ2) is 6.12. The summed E-state index contributed by atoms with van der Waals surface area (Å²) in [5, 5.41) is 20.9. The molecule has 2 rings (SSSR count). The lowest BCUT2D eigenvalue weighted by Crippen LogP contribution is -2.32. The highest BCUT2D eigenvalue weighted by Crippen LogP contribution is 2.23. The Bertz CT molecular complexity index is 579. The number of aliphatic hydroxyl groups excluding tert-OH is 1. The lowest BCUT2D eigenvalue weighted by Gasteiger charge is -2.18. The Labute approximate surface area is 114 Å². The summed E-state index contributed by atoms with van der Waals surface area (Å²) in [5.74, 6) is -1.59. The predicted molar refractivity (Wildman–Crippen MR) is 70.1 cm³/mol. The minimum Gasteiger partial charge on any atom is -0.461 e. The van der Waals surface area contributed by atoms with Crippen LogP contribution in [0.15, 0.2) is 53.1 Å². The van der Waals surface area contributed by atoms with E-state index in [1.807, 2.05) is 0 Å². The number of hydrogen-bond acceptors (Lipinski definition) is 5. The number of benzene rings is 1. The first-order valence-corrected chi connectivity index (χ1v) is 6.02. The number of nitro groups is 1. The molecule has 0 bridgehead atoms. The fourth-order valence-corrected chi connectivity index (χ4v) is 2.00. The summed E-state index contributed by atoms with van der Waals surface area (Å²) < 4.78 is 4.93. The molecule has 2 aromatic rings. The Kier molecular flexibility index (Phi) is 4.27. The van der Waals surface area contributed by atoms with E-state index in [0.717, 1.165) is 0 Å². The first-order valence-electron chi connectivity index (χ1n) is 6.02. The van der Waals surface area contributed by atoms with Crippen LogP contribution in [0, 0.1) is 10.1 Å². The van der Waals surface area contributed by atoms with Gasteiger partial charge in [0.2, 0.25) is 12.3 Å². The SMILES string of the molecule is O=C(c1ccco1)[C@@H](O)[C@H](C[N+](=O)[O-])c1ccccc1. The summed E-state index contributed by atoms with van der Waals surface area (Å²) in [6, 6.07) is 11.4. The van der Waals surface area contributed by atoms with Crippen molar-refractivity contribution in [3.63, 3.8) is 0 Å². The molecule has 0 spiro atoms. The van der Waals surface area contributed by atoms with Gasteiger partial charge in [-0.1, -0.05) is 30.3 Å². The monoisotopic (exact) mass is 275 g/mol. The molecule has 0 saturated heterocycles. The topological polar surface area (TPSA) is 93.6 Å². The largest absolute Gasteiger partial charge is 0.461 e. The second-order valence-corrected chi connectivity index (χ2v) is 4.32. The maximum atomic E-state index is 12.0. The molecular formula is C14H13NO5. The first-order chi connectivity index (χ1) is 9.59. The van der Waals surface area contributed by atoms with E-state index < -0.39 is 29.3 Å². The van der Waals surface area contributed by atoms with Crippen molar-refractivity contribution in [1.82, 2.24) is 0 Å². The van der Waals surface area contributed by atoms with Crippen molar-refractivity contribution in [1.29, 1.82) is 0 Å². The standard InChI is InChI=1S/C14H13NO5/c16-13(14(17)12-7-4-8-20-12)11(9-15(18)19)10-5-2-1-3-6-10/h1-8,11,13,16H,9H2/t11-,13+/m1/s1. The average Bonchev–Trinajstić information content (AvgIpc) is 2.98. The molecule has 1 heterocycles. The normalized spacial score (nSPS) is 13.7. The molecule has 0 radical (unpaired) electrons. The molecule has 0 aliphatic carbocycles. The van der Waals surface area contributed by atoms with Crippen molar-refractivity contribution in [3.05, 3.63) is 70.2 Å². The van der Waals surface area contributed by atoms with Gasteiger partial charge >= 0.3 is 0 Å². The molecule has 0 fully saturated rings. The average molecular weight is 275 g/mol. The van der Waals surface area contributed by atoms with Gasteiger partial charge in [-0.2, -0.15) is 0 Å². The van der Waals surface area contributed by atoms with E-state index in [9.17, 15) is 20.0 Å². The van der Waals surface area contributed by atoms with E-state index >= 15 is 0 Å². The van der Waals surface area contributed by atoms with Gasteiger partial charge in [0, 0.05) is 4.92 Å². The molecule has 1 aromatic carbocycles. The Morgan fingerprint density at radius 3 is 2.50 bits per heavy atom. The van der Waals surface area contributed by atoms with E-state index in [-0.39, 0.29) is 5.76 Å². The third kappa shape index (κ3) is 3.10. The first kappa shape index (κ1) is 14.0. The zero-order valence-electron chi connectivity index (χ0n) is 10.5. The van der Waals surface area contributed by atoms with E-state index in [1.165, 1.54) is 18.4 Å². The van der Waals surface area contributed by atoms with Crippen molar-refractivity contribution in [2.75, 3.05) is 6.54 Å². The molecule has 1 N–H and O–H groups in total. The van der Waals surface area contributed by atoms with Crippen LogP contribution in [0.2, 0.25) is 0 Å². The van der Waals surface area contributed by atoms with E-state index in [0.29, 0.717) is 5.56 Å². The Morgan fingerprint density at radius 2 is 1.95 bits per heavy atom. The third-order valence-electron chi connectivity index (χ3n) is 2.99. The molecule has 104 valence electrons. The number of Topliss-reactive ketones (excluding diaryl/α,β-unsaturated/α-hetero) is 1. The zero-order valence-corrected chi connectivity index (χ0v) is 10.5. The Morgan fingerprint density at radius 1 is 1.25 bits per heavy atom. The number of furan rings is 1. The van der Waals surface area contributed by atoms with Crippen molar-refractivity contribution >= 4 is 5.78 Å². The zero-order chi connectivity index (χ0) is 14.5. The molecular weight excluding hydrogens is 262 g/mol. The Hall–Kier alpha value is -2.47. The molecule has 20 heavy (non-hydrogen) atoms. The second-order valence-electron chi connectivity index (χ2n) is 4.32. The molecule has 0 unspecified atom stereocenters. The number of ketones is 1. The predicted octanol–water partition coefficient (Wildman–Crippen LogP) is 1.88. The fraction of sp³-hybridized carbons (Fsp3) is 0.214. The van der Waals surface area contributed by atoms with Gasteiger partial charge in [-0.05, 0) is 17.7 Å². The van der Waals surface area contributed by atoms with E-state index in [2.05, 4.69) is 0 Å². The van der Waals surface area contributed by atoms with Crippen LogP contribution in [0.3, 0.4) is 0 Å². The maximum absolute atomic E-state index is 12.0. The van der Waals surface area contributed by atoms with Crippen molar-refractivity contribution in [2.24, 2.45) is 0 Å². The molecule has 1 aromatic heterocycles. The molecule has 0 amide bonds. The van der Waals surface area contributed by atoms with Crippen LogP contribution in [0.25, 0.3) is 0 Å². The van der Waals surface area contributed by atoms with Gasteiger partial charge in [0.15, 0.2) is 5.76 Å². The highest BCUT2D eigenvalue weighted by molar-refractivity contribution is 5.97. The van der Waals surface area contributed by atoms with E-state index in [1.54, 1.807) is 30.3 Å². The summed E-state index contributed by atoms with van der Waals surface area (Å²) in [7, 11) is 0. The van der Waals surface area contributed by atoms with Crippen LogP contribution in [0.1, 0.15) is 22.0 Å². The number of carbonyl (C=O) groups is 1. The van der Waals surface area contributed by atoms with Crippen LogP contribution in [0.5, 0.6) is 0 Å². The Balaban J connectivity index is 2.27. The molecule has 2 atom stereocenters. The summed E-state index contributed by atoms with van der Waals surface area (Å²) in [6.45, 7) is -0.530. The number of aliphatic hydroxyl groups is 1. The summed E-state index contributed by atoms with van der Waals surface area (Å²) >= 11 is 0. The van der Waals surface area contributed by atoms with Crippen LogP contribution >= 0.6 is 0 Å². The number of carbonyl (C=O) groups excluding carboxylic acids is 1. The van der Waals surface area contributed by atoms with Crippen LogP contribution in [-0.4, -0.2) is 28.5 Å².